The van der Waals surface area contributed by atoms with Gasteiger partial charge in [-0.05, 0) is 80.4 Å². The number of aromatic nitrogens is 1. The van der Waals surface area contributed by atoms with E-state index in [-0.39, 0.29) is 5.57 Å². The quantitative estimate of drug-likeness (QED) is 0.298. The fourth-order valence-corrected chi connectivity index (χ4v) is 4.40. The number of hydrogen-bond acceptors (Lipinski definition) is 5. The number of urea groups is 1. The third-order valence-corrected chi connectivity index (χ3v) is 6.44. The number of benzene rings is 2. The summed E-state index contributed by atoms with van der Waals surface area (Å²) in [5.74, 6) is -1.91. The van der Waals surface area contributed by atoms with E-state index in [9.17, 15) is 19.2 Å². The maximum atomic E-state index is 13.2. The van der Waals surface area contributed by atoms with Crippen molar-refractivity contribution < 1.29 is 23.9 Å². The summed E-state index contributed by atoms with van der Waals surface area (Å²) < 4.78 is 7.62. The number of nitrogens with zero attached hydrogens (tertiary/aromatic N) is 2. The number of aryl methyl sites for hydroxylation is 1. The molecular formula is C26H22BrN3O5. The number of esters is 1. The van der Waals surface area contributed by atoms with Gasteiger partial charge in [-0.3, -0.25) is 14.9 Å². The average Bonchev–Trinajstić information content (AvgIpc) is 3.10. The SMILES string of the molecule is COC(=O)c1cccc(-n2c(C)cc(/C=C3\C(=O)NC(=O)N(c4ccc(Br)cc4)C3=O)c2C)c1C. The molecule has 178 valence electrons. The molecular weight excluding hydrogens is 514 g/mol. The highest BCUT2D eigenvalue weighted by molar-refractivity contribution is 9.10. The summed E-state index contributed by atoms with van der Waals surface area (Å²) in [5.41, 5.74) is 4.37. The van der Waals surface area contributed by atoms with Gasteiger partial charge in [0, 0.05) is 21.5 Å². The van der Waals surface area contributed by atoms with Gasteiger partial charge in [0.05, 0.1) is 18.4 Å². The number of ether oxygens (including phenoxy) is 1. The highest BCUT2D eigenvalue weighted by atomic mass is 79.9. The topological polar surface area (TPSA) is 97.7 Å². The maximum Gasteiger partial charge on any atom is 0.338 e. The number of anilines is 1. The molecule has 0 spiro atoms. The second-order valence-electron chi connectivity index (χ2n) is 8.04. The van der Waals surface area contributed by atoms with E-state index in [1.807, 2.05) is 37.5 Å². The van der Waals surface area contributed by atoms with Crippen molar-refractivity contribution in [1.82, 2.24) is 9.88 Å². The van der Waals surface area contributed by atoms with Gasteiger partial charge < -0.3 is 9.30 Å². The molecule has 9 heteroatoms. The number of nitrogens with one attached hydrogen (secondary N) is 1. The number of methoxy groups -OCH3 is 1. The predicted octanol–water partition coefficient (Wildman–Crippen LogP) is 4.62. The minimum Gasteiger partial charge on any atom is -0.465 e. The summed E-state index contributed by atoms with van der Waals surface area (Å²) in [4.78, 5) is 51.4. The third-order valence-electron chi connectivity index (χ3n) is 5.91. The number of carbonyl (C=O) groups excluding carboxylic acids is 4. The summed E-state index contributed by atoms with van der Waals surface area (Å²) in [6.45, 7) is 5.57. The van der Waals surface area contributed by atoms with Crippen LogP contribution in [-0.4, -0.2) is 35.5 Å². The molecule has 35 heavy (non-hydrogen) atoms. The molecule has 4 rings (SSSR count). The van der Waals surface area contributed by atoms with E-state index in [1.165, 1.54) is 13.2 Å². The lowest BCUT2D eigenvalue weighted by atomic mass is 10.1. The molecule has 0 unspecified atom stereocenters. The molecule has 1 aliphatic heterocycles. The Labute approximate surface area is 210 Å². The Bertz CT molecular complexity index is 1420. The molecule has 0 bridgehead atoms. The van der Waals surface area contributed by atoms with Gasteiger partial charge in [0.15, 0.2) is 0 Å². The first-order valence-corrected chi connectivity index (χ1v) is 11.5. The fraction of sp³-hybridized carbons (Fsp3) is 0.154. The van der Waals surface area contributed by atoms with Crippen LogP contribution in [0.25, 0.3) is 11.8 Å². The van der Waals surface area contributed by atoms with E-state index in [1.54, 1.807) is 36.4 Å². The smallest absolute Gasteiger partial charge is 0.338 e. The molecule has 1 fully saturated rings. The molecule has 2 aromatic carbocycles. The number of carbonyl (C=O) groups is 4. The Kier molecular flexibility index (Phi) is 6.45. The molecule has 1 aliphatic rings. The first kappa shape index (κ1) is 24.2. The number of amides is 4. The number of halogens is 1. The van der Waals surface area contributed by atoms with E-state index < -0.39 is 23.8 Å². The average molecular weight is 536 g/mol. The van der Waals surface area contributed by atoms with Crippen molar-refractivity contribution in [2.24, 2.45) is 0 Å². The molecule has 8 nitrogen and oxygen atoms in total. The van der Waals surface area contributed by atoms with Gasteiger partial charge >= 0.3 is 12.0 Å². The minimum absolute atomic E-state index is 0.159. The standard InChI is InChI=1S/C26H22BrN3O5/c1-14-12-17(16(3)29(14)22-7-5-6-20(15(22)2)25(33)35-4)13-21-23(31)28-26(34)30(24(21)32)19-10-8-18(27)9-11-19/h5-13H,1-4H3,(H,28,31,34)/b21-13+. The summed E-state index contributed by atoms with van der Waals surface area (Å²) >= 11 is 3.33. The van der Waals surface area contributed by atoms with Crippen LogP contribution in [0.2, 0.25) is 0 Å². The molecule has 0 saturated carbocycles. The largest absolute Gasteiger partial charge is 0.465 e. The zero-order valence-corrected chi connectivity index (χ0v) is 21.1. The van der Waals surface area contributed by atoms with Crippen LogP contribution in [0, 0.1) is 20.8 Å². The summed E-state index contributed by atoms with van der Waals surface area (Å²) in [7, 11) is 1.33. The highest BCUT2D eigenvalue weighted by Gasteiger charge is 2.37. The molecule has 1 aromatic heterocycles. The Morgan fingerprint density at radius 3 is 2.37 bits per heavy atom. The van der Waals surface area contributed by atoms with E-state index in [4.69, 9.17) is 4.74 Å². The van der Waals surface area contributed by atoms with Crippen LogP contribution < -0.4 is 10.2 Å². The van der Waals surface area contributed by atoms with Crippen molar-refractivity contribution in [1.29, 1.82) is 0 Å². The van der Waals surface area contributed by atoms with Crippen LogP contribution >= 0.6 is 15.9 Å². The predicted molar refractivity (Wildman–Crippen MR) is 134 cm³/mol. The summed E-state index contributed by atoms with van der Waals surface area (Å²) in [5, 5.41) is 2.24. The van der Waals surface area contributed by atoms with E-state index in [0.717, 1.165) is 32.0 Å². The van der Waals surface area contributed by atoms with Crippen molar-refractivity contribution in [2.45, 2.75) is 20.8 Å². The van der Waals surface area contributed by atoms with Crippen LogP contribution in [0.4, 0.5) is 10.5 Å². The second-order valence-corrected chi connectivity index (χ2v) is 8.95. The number of hydrogen-bond donors (Lipinski definition) is 1. The third kappa shape index (κ3) is 4.30. The Morgan fingerprint density at radius 1 is 1.03 bits per heavy atom. The fourth-order valence-electron chi connectivity index (χ4n) is 4.14. The van der Waals surface area contributed by atoms with Crippen LogP contribution in [-0.2, 0) is 14.3 Å². The summed E-state index contributed by atoms with van der Waals surface area (Å²) in [6.07, 6.45) is 1.48. The van der Waals surface area contributed by atoms with Crippen LogP contribution in [0.1, 0.15) is 32.9 Å². The number of imide groups is 2. The maximum absolute atomic E-state index is 13.2. The molecule has 0 atom stereocenters. The molecule has 2 heterocycles. The number of rotatable bonds is 4. The first-order valence-electron chi connectivity index (χ1n) is 10.7. The Balaban J connectivity index is 1.78. The lowest BCUT2D eigenvalue weighted by Gasteiger charge is -2.26. The molecule has 3 aromatic rings. The molecule has 1 saturated heterocycles. The van der Waals surface area contributed by atoms with Gasteiger partial charge in [-0.15, -0.1) is 0 Å². The van der Waals surface area contributed by atoms with Crippen molar-refractivity contribution in [2.75, 3.05) is 12.0 Å². The number of barbiturate groups is 1. The molecule has 1 N–H and O–H groups in total. The monoisotopic (exact) mass is 535 g/mol. The Hall–Kier alpha value is -3.98. The van der Waals surface area contributed by atoms with Crippen molar-refractivity contribution in [3.05, 3.63) is 86.7 Å². The van der Waals surface area contributed by atoms with Crippen LogP contribution in [0.5, 0.6) is 0 Å². The van der Waals surface area contributed by atoms with Gasteiger partial charge in [0.2, 0.25) is 0 Å². The van der Waals surface area contributed by atoms with Gasteiger partial charge in [0.25, 0.3) is 11.8 Å². The Morgan fingerprint density at radius 2 is 1.71 bits per heavy atom. The lowest BCUT2D eigenvalue weighted by molar-refractivity contribution is -0.122. The van der Waals surface area contributed by atoms with Crippen molar-refractivity contribution in [3.63, 3.8) is 0 Å². The minimum atomic E-state index is -0.805. The van der Waals surface area contributed by atoms with Crippen LogP contribution in [0.15, 0.2) is 58.6 Å². The normalized spacial score (nSPS) is 14.9. The van der Waals surface area contributed by atoms with Gasteiger partial charge in [-0.2, -0.15) is 0 Å². The van der Waals surface area contributed by atoms with Crippen molar-refractivity contribution >= 4 is 51.5 Å². The van der Waals surface area contributed by atoms with Gasteiger partial charge in [-0.25, -0.2) is 14.5 Å². The van der Waals surface area contributed by atoms with Gasteiger partial charge in [0.1, 0.15) is 5.57 Å². The summed E-state index contributed by atoms with van der Waals surface area (Å²) in [6, 6.07) is 13.0. The van der Waals surface area contributed by atoms with Gasteiger partial charge in [-0.1, -0.05) is 22.0 Å². The lowest BCUT2D eigenvalue weighted by Crippen LogP contribution is -2.54. The molecule has 4 amide bonds. The zero-order valence-electron chi connectivity index (χ0n) is 19.5. The van der Waals surface area contributed by atoms with E-state index >= 15 is 0 Å². The zero-order chi connectivity index (χ0) is 25.4. The van der Waals surface area contributed by atoms with Crippen LogP contribution in [0.3, 0.4) is 0 Å². The first-order chi connectivity index (χ1) is 16.6. The highest BCUT2D eigenvalue weighted by Crippen LogP contribution is 2.28. The molecule has 0 radical (unpaired) electrons. The van der Waals surface area contributed by atoms with E-state index in [0.29, 0.717) is 16.8 Å². The molecule has 0 aliphatic carbocycles. The van der Waals surface area contributed by atoms with Crippen molar-refractivity contribution in [3.8, 4) is 5.69 Å². The van der Waals surface area contributed by atoms with E-state index in [2.05, 4.69) is 21.2 Å². The second kappa shape index (κ2) is 9.34.